The van der Waals surface area contributed by atoms with Crippen LogP contribution in [0.3, 0.4) is 0 Å². The summed E-state index contributed by atoms with van der Waals surface area (Å²) in [5.74, 6) is 2.08. The van der Waals surface area contributed by atoms with E-state index < -0.39 is 0 Å². The molecular weight excluding hydrogens is 394 g/mol. The van der Waals surface area contributed by atoms with Gasteiger partial charge in [-0.3, -0.25) is 4.79 Å². The molecular formula is C24H29N3O4. The van der Waals surface area contributed by atoms with Gasteiger partial charge in [-0.1, -0.05) is 26.7 Å². The molecule has 0 radical (unpaired) electrons. The Morgan fingerprint density at radius 1 is 1.10 bits per heavy atom. The molecule has 7 heteroatoms. The standard InChI is InChI=1S/C24H29N3O4/c1-14-8-6-7-9-24(14,2)22-19(26-20-16(13-28)12-25-23(20)27-22)15-10-17(29-3)21(31-5)18(11-15)30-4/h10-14H,6-9H2,1-5H3,(H,25,27). The van der Waals surface area contributed by atoms with Crippen LogP contribution in [-0.4, -0.2) is 42.6 Å². The molecule has 2 aromatic heterocycles. The van der Waals surface area contributed by atoms with Crippen molar-refractivity contribution in [1.29, 1.82) is 0 Å². The Morgan fingerprint density at radius 2 is 1.81 bits per heavy atom. The molecule has 0 aliphatic heterocycles. The molecule has 1 aliphatic carbocycles. The SMILES string of the molecule is COc1cc(-c2nc3c(C=O)c[nH]c3nc2C2(C)CCCCC2C)cc(OC)c1OC. The van der Waals surface area contributed by atoms with Crippen LogP contribution in [0.15, 0.2) is 18.3 Å². The highest BCUT2D eigenvalue weighted by molar-refractivity contribution is 5.94. The van der Waals surface area contributed by atoms with Crippen molar-refractivity contribution in [1.82, 2.24) is 15.0 Å². The highest BCUT2D eigenvalue weighted by Crippen LogP contribution is 2.48. The van der Waals surface area contributed by atoms with E-state index in [-0.39, 0.29) is 5.41 Å². The Kier molecular flexibility index (Phi) is 5.60. The molecule has 4 rings (SSSR count). The van der Waals surface area contributed by atoms with Crippen LogP contribution >= 0.6 is 0 Å². The smallest absolute Gasteiger partial charge is 0.203 e. The Balaban J connectivity index is 2.03. The summed E-state index contributed by atoms with van der Waals surface area (Å²) >= 11 is 0. The van der Waals surface area contributed by atoms with E-state index in [4.69, 9.17) is 24.2 Å². The fourth-order valence-electron chi connectivity index (χ4n) is 4.72. The van der Waals surface area contributed by atoms with Gasteiger partial charge in [0.05, 0.1) is 38.3 Å². The number of fused-ring (bicyclic) bond motifs is 1. The maximum absolute atomic E-state index is 11.6. The van der Waals surface area contributed by atoms with Crippen molar-refractivity contribution in [2.75, 3.05) is 21.3 Å². The van der Waals surface area contributed by atoms with Gasteiger partial charge in [0.1, 0.15) is 5.52 Å². The van der Waals surface area contributed by atoms with E-state index >= 15 is 0 Å². The number of nitrogens with zero attached hydrogens (tertiary/aromatic N) is 2. The average molecular weight is 424 g/mol. The van der Waals surface area contributed by atoms with Crippen LogP contribution in [0.4, 0.5) is 0 Å². The van der Waals surface area contributed by atoms with Crippen LogP contribution in [0.1, 0.15) is 55.6 Å². The van der Waals surface area contributed by atoms with E-state index in [1.807, 2.05) is 12.1 Å². The topological polar surface area (TPSA) is 86.3 Å². The van der Waals surface area contributed by atoms with Gasteiger partial charge in [-0.05, 0) is 30.9 Å². The molecule has 1 saturated carbocycles. The van der Waals surface area contributed by atoms with Crippen LogP contribution in [0.5, 0.6) is 17.2 Å². The molecule has 2 atom stereocenters. The van der Waals surface area contributed by atoms with Crippen molar-refractivity contribution in [2.24, 2.45) is 5.92 Å². The number of benzene rings is 1. The first-order valence-electron chi connectivity index (χ1n) is 10.6. The van der Waals surface area contributed by atoms with Gasteiger partial charge < -0.3 is 19.2 Å². The molecule has 0 bridgehead atoms. The van der Waals surface area contributed by atoms with Crippen LogP contribution < -0.4 is 14.2 Å². The molecule has 31 heavy (non-hydrogen) atoms. The maximum Gasteiger partial charge on any atom is 0.203 e. The predicted octanol–water partition coefficient (Wildman–Crippen LogP) is 4.93. The number of rotatable bonds is 6. The lowest BCUT2D eigenvalue weighted by molar-refractivity contribution is 0.112. The normalized spacial score (nSPS) is 21.1. The fourth-order valence-corrected chi connectivity index (χ4v) is 4.72. The molecule has 0 amide bonds. The van der Waals surface area contributed by atoms with Crippen molar-refractivity contribution in [2.45, 2.75) is 44.9 Å². The third-order valence-corrected chi connectivity index (χ3v) is 6.81. The van der Waals surface area contributed by atoms with Crippen LogP contribution in [0, 0.1) is 5.92 Å². The molecule has 164 valence electrons. The van der Waals surface area contributed by atoms with Gasteiger partial charge >= 0.3 is 0 Å². The van der Waals surface area contributed by atoms with Crippen molar-refractivity contribution >= 4 is 17.5 Å². The lowest BCUT2D eigenvalue weighted by Crippen LogP contribution is -2.35. The first-order valence-corrected chi connectivity index (χ1v) is 10.6. The van der Waals surface area contributed by atoms with Crippen LogP contribution in [-0.2, 0) is 5.41 Å². The monoisotopic (exact) mass is 423 g/mol. The summed E-state index contributed by atoms with van der Waals surface area (Å²) in [4.78, 5) is 24.7. The van der Waals surface area contributed by atoms with Crippen LogP contribution in [0.25, 0.3) is 22.4 Å². The molecule has 1 aliphatic rings. The second kappa shape index (κ2) is 8.21. The zero-order valence-corrected chi connectivity index (χ0v) is 18.7. The number of carbonyl (C=O) groups is 1. The lowest BCUT2D eigenvalue weighted by atomic mass is 9.65. The number of aromatic amines is 1. The second-order valence-corrected chi connectivity index (χ2v) is 8.46. The fraction of sp³-hybridized carbons (Fsp3) is 0.458. The third kappa shape index (κ3) is 3.42. The summed E-state index contributed by atoms with van der Waals surface area (Å²) in [5, 5.41) is 0. The van der Waals surface area contributed by atoms with E-state index in [9.17, 15) is 4.79 Å². The third-order valence-electron chi connectivity index (χ3n) is 6.81. The molecule has 2 unspecified atom stereocenters. The van der Waals surface area contributed by atoms with Gasteiger partial charge in [0.25, 0.3) is 0 Å². The van der Waals surface area contributed by atoms with Gasteiger partial charge in [-0.2, -0.15) is 0 Å². The van der Waals surface area contributed by atoms with E-state index in [1.165, 1.54) is 6.42 Å². The van der Waals surface area contributed by atoms with E-state index in [1.54, 1.807) is 27.5 Å². The van der Waals surface area contributed by atoms with Gasteiger partial charge in [0.2, 0.25) is 5.75 Å². The Hall–Kier alpha value is -3.09. The summed E-state index contributed by atoms with van der Waals surface area (Å²) in [6.45, 7) is 4.56. The van der Waals surface area contributed by atoms with Crippen molar-refractivity contribution in [3.8, 4) is 28.5 Å². The zero-order valence-electron chi connectivity index (χ0n) is 18.7. The summed E-state index contributed by atoms with van der Waals surface area (Å²) in [7, 11) is 4.77. The Bertz CT molecular complexity index is 1100. The Morgan fingerprint density at radius 3 is 2.39 bits per heavy atom. The van der Waals surface area contributed by atoms with Crippen molar-refractivity contribution in [3.05, 3.63) is 29.6 Å². The highest BCUT2D eigenvalue weighted by Gasteiger charge is 2.39. The summed E-state index contributed by atoms with van der Waals surface area (Å²) < 4.78 is 16.6. The molecule has 0 saturated heterocycles. The summed E-state index contributed by atoms with van der Waals surface area (Å²) in [6.07, 6.45) is 7.02. The minimum atomic E-state index is -0.137. The second-order valence-electron chi connectivity index (χ2n) is 8.46. The highest BCUT2D eigenvalue weighted by atomic mass is 16.5. The Labute approximate surface area is 182 Å². The number of carbonyl (C=O) groups excluding carboxylic acids is 1. The van der Waals surface area contributed by atoms with Gasteiger partial charge in [0.15, 0.2) is 23.4 Å². The maximum atomic E-state index is 11.6. The average Bonchev–Trinajstić information content (AvgIpc) is 3.21. The number of ether oxygens (including phenoxy) is 3. The molecule has 3 aromatic rings. The van der Waals surface area contributed by atoms with Gasteiger partial charge in [-0.25, -0.2) is 9.97 Å². The molecule has 1 N–H and O–H groups in total. The van der Waals surface area contributed by atoms with E-state index in [0.717, 1.165) is 42.5 Å². The van der Waals surface area contributed by atoms with Gasteiger partial charge in [0, 0.05) is 17.2 Å². The molecule has 0 spiro atoms. The number of hydrogen-bond acceptors (Lipinski definition) is 6. The first kappa shape index (κ1) is 21.2. The lowest BCUT2D eigenvalue weighted by Gasteiger charge is -2.40. The zero-order chi connectivity index (χ0) is 22.2. The predicted molar refractivity (Wildman–Crippen MR) is 119 cm³/mol. The molecule has 7 nitrogen and oxygen atoms in total. The van der Waals surface area contributed by atoms with Gasteiger partial charge in [-0.15, -0.1) is 0 Å². The number of hydrogen-bond donors (Lipinski definition) is 1. The molecule has 1 fully saturated rings. The van der Waals surface area contributed by atoms with Crippen molar-refractivity contribution < 1.29 is 19.0 Å². The number of aromatic nitrogens is 3. The number of H-pyrrole nitrogens is 1. The summed E-state index contributed by atoms with van der Waals surface area (Å²) in [6, 6.07) is 3.79. The quantitative estimate of drug-likeness (QED) is 0.566. The van der Waals surface area contributed by atoms with Crippen molar-refractivity contribution in [3.63, 3.8) is 0 Å². The van der Waals surface area contributed by atoms with Crippen LogP contribution in [0.2, 0.25) is 0 Å². The largest absolute Gasteiger partial charge is 0.493 e. The number of methoxy groups -OCH3 is 3. The minimum Gasteiger partial charge on any atom is -0.493 e. The minimum absolute atomic E-state index is 0.137. The summed E-state index contributed by atoms with van der Waals surface area (Å²) in [5.41, 5.74) is 4.04. The molecule has 2 heterocycles. The number of nitrogens with one attached hydrogen (secondary N) is 1. The van der Waals surface area contributed by atoms with E-state index in [0.29, 0.717) is 39.9 Å². The van der Waals surface area contributed by atoms with E-state index in [2.05, 4.69) is 18.8 Å². The molecule has 1 aromatic carbocycles. The number of aldehydes is 1. The first-order chi connectivity index (χ1) is 15.0.